The first-order valence-electron chi connectivity index (χ1n) is 8.85. The lowest BCUT2D eigenvalue weighted by Crippen LogP contribution is -2.38. The number of benzene rings is 1. The Morgan fingerprint density at radius 1 is 1.04 bits per heavy atom. The number of hydrogen-bond acceptors (Lipinski definition) is 5. The van der Waals surface area contributed by atoms with Gasteiger partial charge in [-0.3, -0.25) is 18.5 Å². The van der Waals surface area contributed by atoms with Crippen LogP contribution in [0.2, 0.25) is 0 Å². The van der Waals surface area contributed by atoms with E-state index in [9.17, 15) is 9.59 Å². The lowest BCUT2D eigenvalue weighted by atomic mass is 10.1. The fourth-order valence-corrected chi connectivity index (χ4v) is 3.43. The van der Waals surface area contributed by atoms with Crippen LogP contribution < -0.4 is 16.3 Å². The van der Waals surface area contributed by atoms with Crippen molar-refractivity contribution in [1.29, 1.82) is 0 Å². The summed E-state index contributed by atoms with van der Waals surface area (Å²) in [6, 6.07) is 8.10. The third-order valence-electron chi connectivity index (χ3n) is 5.23. The van der Waals surface area contributed by atoms with Gasteiger partial charge in [0, 0.05) is 14.1 Å². The lowest BCUT2D eigenvalue weighted by Gasteiger charge is -2.29. The molecule has 0 fully saturated rings. The molecule has 3 heterocycles. The Bertz CT molecular complexity index is 1200. The summed E-state index contributed by atoms with van der Waals surface area (Å²) in [7, 11) is 3.12. The molecule has 0 amide bonds. The quantitative estimate of drug-likeness (QED) is 0.692. The van der Waals surface area contributed by atoms with Crippen LogP contribution in [-0.2, 0) is 20.6 Å². The summed E-state index contributed by atoms with van der Waals surface area (Å²) < 4.78 is 4.41. The van der Waals surface area contributed by atoms with Crippen LogP contribution in [0.4, 0.5) is 5.95 Å². The SMILES string of the molecule is CC1=NN(Cc2ccc(C)cc2)c2nc3c(c(=O)n(C)c(=O)n3C)n2C1C. The Morgan fingerprint density at radius 2 is 1.70 bits per heavy atom. The van der Waals surface area contributed by atoms with Gasteiger partial charge in [0.1, 0.15) is 0 Å². The summed E-state index contributed by atoms with van der Waals surface area (Å²) in [5, 5.41) is 6.49. The molecule has 8 heteroatoms. The molecule has 0 N–H and O–H groups in total. The first kappa shape index (κ1) is 17.3. The Morgan fingerprint density at radius 3 is 2.37 bits per heavy atom. The Balaban J connectivity index is 1.95. The molecule has 3 aromatic rings. The third-order valence-corrected chi connectivity index (χ3v) is 5.23. The molecule has 1 aliphatic rings. The minimum absolute atomic E-state index is 0.121. The second kappa shape index (κ2) is 5.94. The Kier molecular flexibility index (Phi) is 3.80. The zero-order valence-electron chi connectivity index (χ0n) is 16.1. The molecule has 0 radical (unpaired) electrons. The Hall–Kier alpha value is -3.16. The van der Waals surface area contributed by atoms with Gasteiger partial charge in [-0.2, -0.15) is 10.1 Å². The van der Waals surface area contributed by atoms with Gasteiger partial charge in [-0.15, -0.1) is 0 Å². The molecule has 0 bridgehead atoms. The maximum absolute atomic E-state index is 12.8. The molecule has 2 aromatic heterocycles. The van der Waals surface area contributed by atoms with Gasteiger partial charge in [-0.1, -0.05) is 29.8 Å². The molecule has 8 nitrogen and oxygen atoms in total. The number of nitrogens with zero attached hydrogens (tertiary/aromatic N) is 6. The van der Waals surface area contributed by atoms with Crippen molar-refractivity contribution >= 4 is 22.8 Å². The highest BCUT2D eigenvalue weighted by Gasteiger charge is 2.30. The smallest absolute Gasteiger partial charge is 0.294 e. The van der Waals surface area contributed by atoms with Crippen molar-refractivity contribution < 1.29 is 0 Å². The average molecular weight is 366 g/mol. The summed E-state index contributed by atoms with van der Waals surface area (Å²) in [5.41, 5.74) is 3.23. The standard InChI is InChI=1S/C19H22N6O2/c1-11-6-8-14(9-7-11)10-24-18-20-16-15(25(18)13(3)12(2)21-24)17(26)23(5)19(27)22(16)4/h6-9,13H,10H2,1-5H3. The zero-order chi connectivity index (χ0) is 19.5. The fraction of sp³-hybridized carbons (Fsp3) is 0.368. The number of hydrogen-bond donors (Lipinski definition) is 0. The van der Waals surface area contributed by atoms with Crippen LogP contribution >= 0.6 is 0 Å². The first-order valence-corrected chi connectivity index (χ1v) is 8.85. The van der Waals surface area contributed by atoms with Crippen molar-refractivity contribution in [2.24, 2.45) is 19.2 Å². The largest absolute Gasteiger partial charge is 0.332 e. The third kappa shape index (κ3) is 2.51. The van der Waals surface area contributed by atoms with Crippen LogP contribution in [-0.4, -0.2) is 24.4 Å². The molecule has 1 aromatic carbocycles. The van der Waals surface area contributed by atoms with Crippen molar-refractivity contribution in [1.82, 2.24) is 18.7 Å². The molecule has 1 aliphatic heterocycles. The molecule has 4 rings (SSSR count). The normalized spacial score (nSPS) is 16.6. The minimum atomic E-state index is -0.390. The topological polar surface area (TPSA) is 77.4 Å². The summed E-state index contributed by atoms with van der Waals surface area (Å²) in [4.78, 5) is 29.7. The fourth-order valence-electron chi connectivity index (χ4n) is 3.43. The van der Waals surface area contributed by atoms with Crippen LogP contribution in [0.25, 0.3) is 11.2 Å². The van der Waals surface area contributed by atoms with Gasteiger partial charge < -0.3 is 0 Å². The molecule has 0 aliphatic carbocycles. The highest BCUT2D eigenvalue weighted by molar-refractivity contribution is 5.91. The number of fused-ring (bicyclic) bond motifs is 3. The van der Waals surface area contributed by atoms with Gasteiger partial charge in [0.15, 0.2) is 11.2 Å². The van der Waals surface area contributed by atoms with E-state index in [1.54, 1.807) is 12.1 Å². The van der Waals surface area contributed by atoms with Crippen molar-refractivity contribution in [2.45, 2.75) is 33.4 Å². The maximum atomic E-state index is 12.8. The van der Waals surface area contributed by atoms with Gasteiger partial charge in [-0.05, 0) is 26.3 Å². The van der Waals surface area contributed by atoms with Gasteiger partial charge in [0.05, 0.1) is 18.3 Å². The minimum Gasteiger partial charge on any atom is -0.294 e. The van der Waals surface area contributed by atoms with Crippen molar-refractivity contribution in [3.05, 3.63) is 56.2 Å². The summed E-state index contributed by atoms with van der Waals surface area (Å²) in [6.07, 6.45) is 0. The van der Waals surface area contributed by atoms with Crippen molar-refractivity contribution in [3.63, 3.8) is 0 Å². The van der Waals surface area contributed by atoms with Crippen LogP contribution in [0.3, 0.4) is 0 Å². The van der Waals surface area contributed by atoms with E-state index in [2.05, 4.69) is 29.2 Å². The molecule has 0 saturated heterocycles. The van der Waals surface area contributed by atoms with E-state index in [0.29, 0.717) is 23.7 Å². The van der Waals surface area contributed by atoms with Gasteiger partial charge in [0.2, 0.25) is 5.95 Å². The van der Waals surface area contributed by atoms with E-state index >= 15 is 0 Å². The summed E-state index contributed by atoms with van der Waals surface area (Å²) >= 11 is 0. The molecule has 1 atom stereocenters. The number of rotatable bonds is 2. The van der Waals surface area contributed by atoms with E-state index in [4.69, 9.17) is 5.10 Å². The molecular weight excluding hydrogens is 344 g/mol. The predicted molar refractivity (Wildman–Crippen MR) is 105 cm³/mol. The number of anilines is 1. The predicted octanol–water partition coefficient (Wildman–Crippen LogP) is 1.70. The highest BCUT2D eigenvalue weighted by atomic mass is 16.2. The van der Waals surface area contributed by atoms with E-state index in [1.165, 1.54) is 17.2 Å². The highest BCUT2D eigenvalue weighted by Crippen LogP contribution is 2.30. The van der Waals surface area contributed by atoms with Crippen molar-refractivity contribution in [2.75, 3.05) is 5.01 Å². The van der Waals surface area contributed by atoms with E-state index in [1.807, 2.05) is 25.3 Å². The number of aryl methyl sites for hydroxylation is 2. The average Bonchev–Trinajstić information content (AvgIpc) is 3.05. The molecular formula is C19H22N6O2. The van der Waals surface area contributed by atoms with Crippen LogP contribution in [0.15, 0.2) is 39.0 Å². The first-order chi connectivity index (χ1) is 12.8. The molecule has 27 heavy (non-hydrogen) atoms. The number of imidazole rings is 1. The molecule has 140 valence electrons. The molecule has 0 saturated carbocycles. The number of hydrazone groups is 1. The lowest BCUT2D eigenvalue weighted by molar-refractivity contribution is 0.634. The van der Waals surface area contributed by atoms with E-state index in [-0.39, 0.29) is 11.6 Å². The van der Waals surface area contributed by atoms with Gasteiger partial charge in [0.25, 0.3) is 5.56 Å². The van der Waals surface area contributed by atoms with Crippen LogP contribution in [0, 0.1) is 6.92 Å². The van der Waals surface area contributed by atoms with Gasteiger partial charge >= 0.3 is 5.69 Å². The summed E-state index contributed by atoms with van der Waals surface area (Å²) in [6.45, 7) is 6.50. The maximum Gasteiger partial charge on any atom is 0.332 e. The van der Waals surface area contributed by atoms with Crippen LogP contribution in [0.1, 0.15) is 31.0 Å². The van der Waals surface area contributed by atoms with Gasteiger partial charge in [-0.25, -0.2) is 9.80 Å². The Labute approximate surface area is 156 Å². The summed E-state index contributed by atoms with van der Waals surface area (Å²) in [5.74, 6) is 0.571. The number of aromatic nitrogens is 4. The molecule has 0 spiro atoms. The molecule has 1 unspecified atom stereocenters. The van der Waals surface area contributed by atoms with E-state index < -0.39 is 5.69 Å². The van der Waals surface area contributed by atoms with Crippen molar-refractivity contribution in [3.8, 4) is 0 Å². The van der Waals surface area contributed by atoms with E-state index in [0.717, 1.165) is 15.8 Å². The zero-order valence-corrected chi connectivity index (χ0v) is 16.1. The van der Waals surface area contributed by atoms with Crippen LogP contribution in [0.5, 0.6) is 0 Å². The second-order valence-electron chi connectivity index (χ2n) is 7.12. The monoisotopic (exact) mass is 366 g/mol. The second-order valence-corrected chi connectivity index (χ2v) is 7.12.